The first-order chi connectivity index (χ1) is 3.41. The summed E-state index contributed by atoms with van der Waals surface area (Å²) in [5, 5.41) is 0. The molecule has 2 radical (unpaired) electrons. The van der Waals surface area contributed by atoms with E-state index in [4.69, 9.17) is 0 Å². The van der Waals surface area contributed by atoms with E-state index < -0.39 is 0 Å². The first-order valence-electron chi connectivity index (χ1n) is 2.73. The minimum atomic E-state index is 1.06. The lowest BCUT2D eigenvalue weighted by Crippen LogP contribution is -1.69. The Kier molecular flexibility index (Phi) is 5.53. The molecule has 7 heavy (non-hydrogen) atoms. The van der Waals surface area contributed by atoms with Gasteiger partial charge in [0, 0.05) is 0 Å². The Bertz CT molecular complexity index is 37.3. The van der Waals surface area contributed by atoms with E-state index in [2.05, 4.69) is 19.9 Å². The van der Waals surface area contributed by atoms with Gasteiger partial charge in [-0.25, -0.2) is 0 Å². The zero-order valence-electron chi connectivity index (χ0n) is 4.91. The van der Waals surface area contributed by atoms with Gasteiger partial charge in [-0.1, -0.05) is 13.0 Å². The number of hydrogen-bond acceptors (Lipinski definition) is 0. The van der Waals surface area contributed by atoms with Crippen molar-refractivity contribution in [2.24, 2.45) is 0 Å². The molecular weight excluding hydrogens is 84.1 g/mol. The van der Waals surface area contributed by atoms with Crippen molar-refractivity contribution in [2.75, 3.05) is 0 Å². The summed E-state index contributed by atoms with van der Waals surface area (Å²) in [5.41, 5.74) is 0. The second kappa shape index (κ2) is 5.74. The van der Waals surface area contributed by atoms with Crippen LogP contribution in [0.5, 0.6) is 0 Å². The molecule has 0 aliphatic heterocycles. The summed E-state index contributed by atoms with van der Waals surface area (Å²) in [5.74, 6) is 0. The molecule has 0 unspecified atom stereocenters. The van der Waals surface area contributed by atoms with Crippen LogP contribution in [0.4, 0.5) is 0 Å². The molecule has 0 spiro atoms. The molecule has 0 heterocycles. The van der Waals surface area contributed by atoms with Crippen molar-refractivity contribution in [3.8, 4) is 0 Å². The van der Waals surface area contributed by atoms with Gasteiger partial charge in [0.2, 0.25) is 0 Å². The topological polar surface area (TPSA) is 0 Å². The van der Waals surface area contributed by atoms with Gasteiger partial charge in [0.25, 0.3) is 0 Å². The van der Waals surface area contributed by atoms with E-state index in [1.54, 1.807) is 0 Å². The number of rotatable bonds is 4. The van der Waals surface area contributed by atoms with Crippen LogP contribution in [-0.2, 0) is 0 Å². The average molecular weight is 96.2 g/mol. The minimum Gasteiger partial charge on any atom is -0.103 e. The molecule has 0 fully saturated rings. The number of allylic oxidation sites excluding steroid dienone is 1. The van der Waals surface area contributed by atoms with Crippen LogP contribution in [0.1, 0.15) is 26.2 Å². The molecule has 0 bridgehead atoms. The Labute approximate surface area is 46.2 Å². The Balaban J connectivity index is 2.56. The predicted molar refractivity (Wildman–Crippen MR) is 33.0 cm³/mol. The lowest BCUT2D eigenvalue weighted by Gasteiger charge is -1.86. The summed E-state index contributed by atoms with van der Waals surface area (Å²) in [7, 11) is 0. The van der Waals surface area contributed by atoms with Crippen molar-refractivity contribution in [2.45, 2.75) is 26.2 Å². The second-order valence-electron chi connectivity index (χ2n) is 1.43. The molecule has 0 rings (SSSR count). The van der Waals surface area contributed by atoms with E-state index in [9.17, 15) is 0 Å². The van der Waals surface area contributed by atoms with Crippen molar-refractivity contribution in [1.82, 2.24) is 0 Å². The van der Waals surface area contributed by atoms with E-state index in [1.807, 2.05) is 6.08 Å². The lowest BCUT2D eigenvalue weighted by molar-refractivity contribution is 0.903. The number of hydrogen-bond donors (Lipinski definition) is 0. The first kappa shape index (κ1) is 6.74. The monoisotopic (exact) mass is 96.1 g/mol. The molecule has 0 nitrogen and oxygen atoms in total. The summed E-state index contributed by atoms with van der Waals surface area (Å²) >= 11 is 0. The van der Waals surface area contributed by atoms with Crippen LogP contribution in [0, 0.1) is 6.42 Å². The van der Waals surface area contributed by atoms with Crippen molar-refractivity contribution >= 4 is 0 Å². The van der Waals surface area contributed by atoms with Crippen LogP contribution in [0.3, 0.4) is 0 Å². The summed E-state index contributed by atoms with van der Waals surface area (Å²) in [6.45, 7) is 5.69. The molecule has 0 saturated carbocycles. The van der Waals surface area contributed by atoms with Gasteiger partial charge >= 0.3 is 0 Å². The maximum absolute atomic E-state index is 3.59. The largest absolute Gasteiger partial charge is 0.103 e. The van der Waals surface area contributed by atoms with Gasteiger partial charge in [0.05, 0.1) is 0 Å². The van der Waals surface area contributed by atoms with Crippen LogP contribution in [0.15, 0.2) is 12.7 Å². The van der Waals surface area contributed by atoms with E-state index >= 15 is 0 Å². The standard InChI is InChI=1S/C7H12/c1-3-5-7-6-4-2/h3H,1,4-5,7H2,2H3. The molecule has 40 valence electrons. The lowest BCUT2D eigenvalue weighted by atomic mass is 10.2. The van der Waals surface area contributed by atoms with Crippen LogP contribution in [0.2, 0.25) is 0 Å². The molecule has 0 aromatic rings. The van der Waals surface area contributed by atoms with Gasteiger partial charge in [0.15, 0.2) is 0 Å². The summed E-state index contributed by atoms with van der Waals surface area (Å²) in [4.78, 5) is 0. The predicted octanol–water partition coefficient (Wildman–Crippen LogP) is 2.44. The highest BCUT2D eigenvalue weighted by Crippen LogP contribution is 1.95. The summed E-state index contributed by atoms with van der Waals surface area (Å²) in [6.07, 6.45) is 8.31. The highest BCUT2D eigenvalue weighted by atomic mass is 13.8. The van der Waals surface area contributed by atoms with Crippen LogP contribution in [-0.4, -0.2) is 0 Å². The SMILES string of the molecule is C=CCC[C]CC. The molecule has 0 saturated heterocycles. The van der Waals surface area contributed by atoms with Crippen LogP contribution in [0.25, 0.3) is 0 Å². The fourth-order valence-corrected chi connectivity index (χ4v) is 0.381. The third-order valence-electron chi connectivity index (χ3n) is 0.775. The van der Waals surface area contributed by atoms with Crippen LogP contribution < -0.4 is 0 Å². The Morgan fingerprint density at radius 1 is 1.71 bits per heavy atom. The molecule has 0 amide bonds. The van der Waals surface area contributed by atoms with Crippen molar-refractivity contribution < 1.29 is 0 Å². The Morgan fingerprint density at radius 2 is 2.43 bits per heavy atom. The second-order valence-corrected chi connectivity index (χ2v) is 1.43. The zero-order valence-corrected chi connectivity index (χ0v) is 4.91. The molecule has 0 aliphatic carbocycles. The Hall–Kier alpha value is -0.260. The maximum Gasteiger partial charge on any atom is -0.0173 e. The molecule has 0 aromatic carbocycles. The summed E-state index contributed by atoms with van der Waals surface area (Å²) in [6, 6.07) is 0. The highest BCUT2D eigenvalue weighted by molar-refractivity contribution is 4.71. The van der Waals surface area contributed by atoms with Crippen LogP contribution >= 0.6 is 0 Å². The van der Waals surface area contributed by atoms with Gasteiger partial charge in [-0.2, -0.15) is 0 Å². The summed E-state index contributed by atoms with van der Waals surface area (Å²) < 4.78 is 0. The molecule has 0 aromatic heterocycles. The third kappa shape index (κ3) is 5.74. The van der Waals surface area contributed by atoms with Crippen molar-refractivity contribution in [3.63, 3.8) is 0 Å². The molecule has 0 N–H and O–H groups in total. The maximum atomic E-state index is 3.59. The van der Waals surface area contributed by atoms with Crippen molar-refractivity contribution in [1.29, 1.82) is 0 Å². The van der Waals surface area contributed by atoms with E-state index in [0.29, 0.717) is 0 Å². The average Bonchev–Trinajstić information content (AvgIpc) is 1.69. The first-order valence-corrected chi connectivity index (χ1v) is 2.73. The van der Waals surface area contributed by atoms with Gasteiger partial charge in [-0.05, 0) is 25.7 Å². The third-order valence-corrected chi connectivity index (χ3v) is 0.775. The zero-order chi connectivity index (χ0) is 5.54. The van der Waals surface area contributed by atoms with E-state index in [1.165, 1.54) is 0 Å². The van der Waals surface area contributed by atoms with Gasteiger partial charge in [-0.3, -0.25) is 0 Å². The fraction of sp³-hybridized carbons (Fsp3) is 0.571. The molecule has 0 atom stereocenters. The highest BCUT2D eigenvalue weighted by Gasteiger charge is 1.78. The van der Waals surface area contributed by atoms with Crippen molar-refractivity contribution in [3.05, 3.63) is 19.1 Å². The van der Waals surface area contributed by atoms with Gasteiger partial charge < -0.3 is 0 Å². The van der Waals surface area contributed by atoms with E-state index in [0.717, 1.165) is 19.3 Å². The smallest absolute Gasteiger partial charge is 0.0173 e. The Morgan fingerprint density at radius 3 is 2.86 bits per heavy atom. The molecule has 0 heteroatoms. The van der Waals surface area contributed by atoms with Gasteiger partial charge in [-0.15, -0.1) is 6.58 Å². The number of unbranched alkanes of at least 4 members (excludes halogenated alkanes) is 3. The normalized spacial score (nSPS) is 8.71. The van der Waals surface area contributed by atoms with Gasteiger partial charge in [0.1, 0.15) is 0 Å². The fourth-order valence-electron chi connectivity index (χ4n) is 0.381. The minimum absolute atomic E-state index is 1.06. The molecular formula is C7H12. The molecule has 0 aliphatic rings. The quantitative estimate of drug-likeness (QED) is 0.372. The van der Waals surface area contributed by atoms with E-state index in [-0.39, 0.29) is 0 Å².